The highest BCUT2D eigenvalue weighted by Crippen LogP contribution is 2.26. The zero-order valence-electron chi connectivity index (χ0n) is 9.36. The first kappa shape index (κ1) is 13.3. The molecule has 5 N–H and O–H groups in total. The minimum Gasteiger partial charge on any atom is -1.00 e. The molecule has 1 aromatic rings. The molecule has 0 spiro atoms. The number of hydrogen-bond donors (Lipinski definition) is 3. The van der Waals surface area contributed by atoms with Crippen LogP contribution in [0.5, 0.6) is 0 Å². The average molecular weight is 253 g/mol. The monoisotopic (exact) mass is 252 g/mol. The Morgan fingerprint density at radius 3 is 2.71 bits per heavy atom. The molecule has 2 rings (SSSR count). The van der Waals surface area contributed by atoms with E-state index in [2.05, 4.69) is 11.1 Å². The van der Waals surface area contributed by atoms with Gasteiger partial charge in [0, 0.05) is 12.2 Å². The lowest BCUT2D eigenvalue weighted by Gasteiger charge is -2.29. The first-order valence-corrected chi connectivity index (χ1v) is 5.22. The van der Waals surface area contributed by atoms with Crippen LogP contribution in [-0.4, -0.2) is 18.5 Å². The van der Waals surface area contributed by atoms with Gasteiger partial charge >= 0.3 is 0 Å². The Morgan fingerprint density at radius 1 is 1.29 bits per heavy atom. The van der Waals surface area contributed by atoms with E-state index in [1.165, 1.54) is 5.56 Å². The second-order valence-corrected chi connectivity index (χ2v) is 3.74. The van der Waals surface area contributed by atoms with Crippen LogP contribution in [-0.2, 0) is 6.42 Å². The third-order valence-corrected chi connectivity index (χ3v) is 2.60. The summed E-state index contributed by atoms with van der Waals surface area (Å²) in [6, 6.07) is 8.03. The van der Waals surface area contributed by atoms with Crippen LogP contribution >= 0.6 is 0 Å². The number of guanidine groups is 2. The minimum atomic E-state index is -0.0759. The highest BCUT2D eigenvalue weighted by Gasteiger charge is 2.19. The van der Waals surface area contributed by atoms with E-state index >= 15 is 0 Å². The molecule has 1 aromatic carbocycles. The molecule has 0 aromatic heterocycles. The third-order valence-electron chi connectivity index (χ3n) is 2.60. The molecule has 5 nitrogen and oxygen atoms in total. The number of nitrogens with two attached hydrogens (primary N) is 2. The second-order valence-electron chi connectivity index (χ2n) is 3.74. The molecule has 1 aliphatic rings. The normalized spacial score (nSPS) is 13.3. The Kier molecular flexibility index (Phi) is 4.34. The van der Waals surface area contributed by atoms with Gasteiger partial charge in [0.05, 0.1) is 0 Å². The molecule has 1 heterocycles. The van der Waals surface area contributed by atoms with Crippen molar-refractivity contribution >= 4 is 17.6 Å². The number of anilines is 1. The maximum atomic E-state index is 7.82. The highest BCUT2D eigenvalue weighted by molar-refractivity contribution is 6.01. The molecule has 92 valence electrons. The van der Waals surface area contributed by atoms with E-state index in [-0.39, 0.29) is 24.3 Å². The van der Waals surface area contributed by atoms with Gasteiger partial charge in [-0.1, -0.05) is 18.2 Å². The molecule has 0 bridgehead atoms. The molecular formula is C11H15ClN5-. The molecule has 0 amide bonds. The fraction of sp³-hybridized carbons (Fsp3) is 0.273. The van der Waals surface area contributed by atoms with Crippen molar-refractivity contribution in [3.05, 3.63) is 29.8 Å². The lowest BCUT2D eigenvalue weighted by molar-refractivity contribution is -0.00000386. The van der Waals surface area contributed by atoms with Gasteiger partial charge in [-0.2, -0.15) is 4.99 Å². The summed E-state index contributed by atoms with van der Waals surface area (Å²) in [6.45, 7) is 0.784. The summed E-state index contributed by atoms with van der Waals surface area (Å²) in [7, 11) is 0. The zero-order valence-corrected chi connectivity index (χ0v) is 10.1. The second kappa shape index (κ2) is 5.54. The van der Waals surface area contributed by atoms with Crippen molar-refractivity contribution in [3.8, 4) is 0 Å². The van der Waals surface area contributed by atoms with Crippen molar-refractivity contribution < 1.29 is 12.4 Å². The van der Waals surface area contributed by atoms with Gasteiger partial charge in [-0.3, -0.25) is 5.41 Å². The number of halogens is 1. The number of benzene rings is 1. The molecule has 0 fully saturated rings. The Bertz CT molecular complexity index is 439. The van der Waals surface area contributed by atoms with Gasteiger partial charge in [0.2, 0.25) is 5.96 Å². The zero-order chi connectivity index (χ0) is 11.5. The standard InChI is InChI=1S/C11H15N5.ClH/c12-10(13)15-11(14)16-7-3-5-8-4-1-2-6-9(8)16;/h1-2,4,6H,3,5,7H2,(H5,12,13,14,15);1H/p-1. The Hall–Kier alpha value is -1.75. The number of hydrogen-bond acceptors (Lipinski definition) is 1. The average Bonchev–Trinajstić information content (AvgIpc) is 2.27. The summed E-state index contributed by atoms with van der Waals surface area (Å²) in [5.74, 6) is 0.0280. The van der Waals surface area contributed by atoms with Crippen LogP contribution in [0.25, 0.3) is 0 Å². The number of aliphatic imine (C=N–C) groups is 1. The minimum absolute atomic E-state index is 0. The van der Waals surface area contributed by atoms with Gasteiger partial charge in [0.1, 0.15) is 0 Å². The van der Waals surface area contributed by atoms with Gasteiger partial charge in [-0.25, -0.2) is 0 Å². The van der Waals surface area contributed by atoms with Crippen molar-refractivity contribution in [2.24, 2.45) is 16.5 Å². The van der Waals surface area contributed by atoms with Crippen LogP contribution in [0.2, 0.25) is 0 Å². The molecule has 0 saturated carbocycles. The summed E-state index contributed by atoms with van der Waals surface area (Å²) < 4.78 is 0. The van der Waals surface area contributed by atoms with Crippen LogP contribution in [0.15, 0.2) is 29.3 Å². The predicted molar refractivity (Wildman–Crippen MR) is 65.6 cm³/mol. The summed E-state index contributed by atoms with van der Waals surface area (Å²) in [5.41, 5.74) is 12.8. The van der Waals surface area contributed by atoms with Crippen molar-refractivity contribution in [2.75, 3.05) is 11.4 Å². The van der Waals surface area contributed by atoms with Crippen molar-refractivity contribution in [1.82, 2.24) is 0 Å². The van der Waals surface area contributed by atoms with E-state index in [9.17, 15) is 0 Å². The lowest BCUT2D eigenvalue weighted by atomic mass is 10.0. The summed E-state index contributed by atoms with van der Waals surface area (Å²) in [4.78, 5) is 5.61. The molecule has 1 aliphatic heterocycles. The Balaban J connectivity index is 0.00000144. The van der Waals surface area contributed by atoms with Crippen LogP contribution in [0.1, 0.15) is 12.0 Å². The van der Waals surface area contributed by atoms with E-state index in [1.807, 2.05) is 23.1 Å². The fourth-order valence-corrected chi connectivity index (χ4v) is 1.94. The van der Waals surface area contributed by atoms with E-state index in [1.54, 1.807) is 0 Å². The molecule has 0 aliphatic carbocycles. The van der Waals surface area contributed by atoms with Crippen LogP contribution in [0.3, 0.4) is 0 Å². The van der Waals surface area contributed by atoms with Gasteiger partial charge in [-0.05, 0) is 24.5 Å². The summed E-state index contributed by atoms with van der Waals surface area (Å²) in [6.07, 6.45) is 2.06. The number of rotatable bonds is 0. The van der Waals surface area contributed by atoms with Crippen molar-refractivity contribution in [3.63, 3.8) is 0 Å². The largest absolute Gasteiger partial charge is 1.00 e. The van der Waals surface area contributed by atoms with Crippen LogP contribution in [0, 0.1) is 5.41 Å². The molecular weight excluding hydrogens is 238 g/mol. The molecule has 6 heteroatoms. The third kappa shape index (κ3) is 2.88. The maximum Gasteiger partial charge on any atom is 0.225 e. The molecule has 17 heavy (non-hydrogen) atoms. The van der Waals surface area contributed by atoms with Gasteiger partial charge in [0.15, 0.2) is 5.96 Å². The smallest absolute Gasteiger partial charge is 0.225 e. The number of nitrogens with zero attached hydrogens (tertiary/aromatic N) is 2. The number of nitrogens with one attached hydrogen (secondary N) is 1. The molecule has 0 radical (unpaired) electrons. The Morgan fingerprint density at radius 2 is 2.00 bits per heavy atom. The van der Waals surface area contributed by atoms with Crippen molar-refractivity contribution in [1.29, 1.82) is 5.41 Å². The van der Waals surface area contributed by atoms with Gasteiger partial charge in [0.25, 0.3) is 0 Å². The number of para-hydroxylation sites is 1. The topological polar surface area (TPSA) is 91.5 Å². The first-order chi connectivity index (χ1) is 7.68. The fourth-order valence-electron chi connectivity index (χ4n) is 1.94. The SMILES string of the molecule is N=C(N=C(N)N)N1CCCc2ccccc21.[Cl-]. The van der Waals surface area contributed by atoms with E-state index in [4.69, 9.17) is 16.9 Å². The molecule has 0 unspecified atom stereocenters. The lowest BCUT2D eigenvalue weighted by Crippen LogP contribution is -3.00. The molecule has 0 atom stereocenters. The first-order valence-electron chi connectivity index (χ1n) is 5.22. The van der Waals surface area contributed by atoms with Crippen LogP contribution < -0.4 is 28.8 Å². The van der Waals surface area contributed by atoms with Gasteiger partial charge < -0.3 is 28.8 Å². The highest BCUT2D eigenvalue weighted by atomic mass is 35.5. The summed E-state index contributed by atoms with van der Waals surface area (Å²) >= 11 is 0. The number of aryl methyl sites for hydroxylation is 1. The quantitative estimate of drug-likeness (QED) is 0.357. The van der Waals surface area contributed by atoms with Crippen LogP contribution in [0.4, 0.5) is 5.69 Å². The number of fused-ring (bicyclic) bond motifs is 1. The van der Waals surface area contributed by atoms with Crippen molar-refractivity contribution in [2.45, 2.75) is 12.8 Å². The molecule has 0 saturated heterocycles. The summed E-state index contributed by atoms with van der Waals surface area (Å²) in [5, 5.41) is 7.82. The van der Waals surface area contributed by atoms with Gasteiger partial charge in [-0.15, -0.1) is 0 Å². The predicted octanol–water partition coefficient (Wildman–Crippen LogP) is -2.35. The van der Waals surface area contributed by atoms with E-state index in [0.717, 1.165) is 25.1 Å². The van der Waals surface area contributed by atoms with E-state index in [0.29, 0.717) is 0 Å². The Labute approximate surface area is 106 Å². The van der Waals surface area contributed by atoms with E-state index < -0.39 is 0 Å². The maximum absolute atomic E-state index is 7.82.